The molecule has 5 atom stereocenters. The quantitative estimate of drug-likeness (QED) is 0.292. The maximum Gasteiger partial charge on any atom is 0.0991 e. The van der Waals surface area contributed by atoms with Gasteiger partial charge in [-0.25, -0.2) is 0 Å². The molecule has 0 saturated heterocycles. The number of hydrogen-bond acceptors (Lipinski definition) is 4. The Bertz CT molecular complexity index is 2160. The van der Waals surface area contributed by atoms with Gasteiger partial charge in [-0.15, -0.1) is 0 Å². The average molecular weight is 619 g/mol. The number of nitriles is 2. The Morgan fingerprint density at radius 3 is 2.40 bits per heavy atom. The molecule has 0 aromatic heterocycles. The molecule has 3 aromatic carbocycles. The fourth-order valence-corrected chi connectivity index (χ4v) is 8.73. The lowest BCUT2D eigenvalue weighted by Gasteiger charge is -2.35. The highest BCUT2D eigenvalue weighted by molar-refractivity contribution is 5.83. The van der Waals surface area contributed by atoms with Gasteiger partial charge in [0.25, 0.3) is 0 Å². The van der Waals surface area contributed by atoms with E-state index in [2.05, 4.69) is 149 Å². The molecule has 0 saturated carbocycles. The van der Waals surface area contributed by atoms with E-state index < -0.39 is 0 Å². The van der Waals surface area contributed by atoms with E-state index in [1.54, 1.807) is 0 Å². The van der Waals surface area contributed by atoms with Crippen molar-refractivity contribution in [3.63, 3.8) is 0 Å². The molecule has 2 heterocycles. The van der Waals surface area contributed by atoms with Gasteiger partial charge in [-0.2, -0.15) is 10.5 Å². The van der Waals surface area contributed by atoms with E-state index >= 15 is 0 Å². The van der Waals surface area contributed by atoms with E-state index in [1.807, 2.05) is 12.2 Å². The van der Waals surface area contributed by atoms with Crippen LogP contribution in [0.15, 0.2) is 173 Å². The third-order valence-electron chi connectivity index (χ3n) is 10.8. The van der Waals surface area contributed by atoms with Crippen LogP contribution in [0.3, 0.4) is 0 Å². The summed E-state index contributed by atoms with van der Waals surface area (Å²) in [5.41, 5.74) is 13.1. The first-order valence-electron chi connectivity index (χ1n) is 17.0. The average Bonchev–Trinajstić information content (AvgIpc) is 3.68. The smallest absolute Gasteiger partial charge is 0.0991 e. The standard InChI is InChI=1S/C44H34N4/c45-27-29-19-20-32(28-46)37(25-29)31-21-23-41(38(26-31)30-11-3-1-4-12-30)48-40-18-10-8-16-36(40)43-42(48)24-22-35-34-15-7-9-17-39(34)47(44(35)43)33-13-5-2-6-14-33/h1-15,17-18,20,22-26,29,31,35-36,44H,16,19,21H2. The Morgan fingerprint density at radius 1 is 0.792 bits per heavy atom. The SMILES string of the molecule is N#CC1=CCC(C#N)C=C1C1C=C(c2ccccc2)C(N2C3=CC=CCC3C3=C2C=CC2c4ccccc4N(c4ccccc4)C32)=CC1. The summed E-state index contributed by atoms with van der Waals surface area (Å²) in [6.07, 6.45) is 22.7. The molecule has 3 aromatic rings. The van der Waals surface area contributed by atoms with Crippen LogP contribution in [0.25, 0.3) is 5.57 Å². The van der Waals surface area contributed by atoms with Crippen molar-refractivity contribution in [2.75, 3.05) is 4.90 Å². The topological polar surface area (TPSA) is 54.1 Å². The van der Waals surface area contributed by atoms with Crippen LogP contribution in [-0.4, -0.2) is 10.9 Å². The zero-order valence-corrected chi connectivity index (χ0v) is 26.6. The summed E-state index contributed by atoms with van der Waals surface area (Å²) in [4.78, 5) is 5.11. The molecule has 6 aliphatic rings. The molecule has 230 valence electrons. The van der Waals surface area contributed by atoms with Crippen molar-refractivity contribution in [2.24, 2.45) is 17.8 Å². The highest BCUT2D eigenvalue weighted by atomic mass is 15.2. The van der Waals surface area contributed by atoms with Crippen LogP contribution in [0.1, 0.15) is 36.3 Å². The van der Waals surface area contributed by atoms with E-state index in [4.69, 9.17) is 0 Å². The van der Waals surface area contributed by atoms with Gasteiger partial charge in [0, 0.05) is 51.8 Å². The number of nitrogens with zero attached hydrogens (tertiary/aromatic N) is 4. The molecule has 2 aliphatic heterocycles. The van der Waals surface area contributed by atoms with Crippen molar-refractivity contribution in [3.8, 4) is 12.1 Å². The second kappa shape index (κ2) is 11.4. The Balaban J connectivity index is 1.19. The van der Waals surface area contributed by atoms with E-state index in [0.29, 0.717) is 12.0 Å². The van der Waals surface area contributed by atoms with Crippen LogP contribution < -0.4 is 4.90 Å². The summed E-state index contributed by atoms with van der Waals surface area (Å²) in [7, 11) is 0. The van der Waals surface area contributed by atoms with Crippen molar-refractivity contribution in [1.29, 1.82) is 10.5 Å². The van der Waals surface area contributed by atoms with Crippen LogP contribution in [-0.2, 0) is 0 Å². The normalized spacial score (nSPS) is 26.5. The van der Waals surface area contributed by atoms with Crippen LogP contribution in [0, 0.1) is 40.4 Å². The van der Waals surface area contributed by atoms with Crippen molar-refractivity contribution in [1.82, 2.24) is 4.90 Å². The minimum Gasteiger partial charge on any atom is -0.333 e. The maximum atomic E-state index is 10.0. The van der Waals surface area contributed by atoms with Gasteiger partial charge >= 0.3 is 0 Å². The Kier molecular flexibility index (Phi) is 6.77. The van der Waals surface area contributed by atoms with Gasteiger partial charge in [-0.1, -0.05) is 109 Å². The lowest BCUT2D eigenvalue weighted by atomic mass is 9.78. The largest absolute Gasteiger partial charge is 0.333 e. The van der Waals surface area contributed by atoms with E-state index in [-0.39, 0.29) is 29.7 Å². The molecule has 0 N–H and O–H groups in total. The molecule has 0 fully saturated rings. The fraction of sp³-hybridized carbons (Fsp3) is 0.182. The number of anilines is 2. The van der Waals surface area contributed by atoms with Gasteiger partial charge in [-0.05, 0) is 71.9 Å². The maximum absolute atomic E-state index is 10.0. The molecule has 48 heavy (non-hydrogen) atoms. The van der Waals surface area contributed by atoms with Crippen molar-refractivity contribution < 1.29 is 0 Å². The van der Waals surface area contributed by atoms with Gasteiger partial charge in [0.05, 0.1) is 29.7 Å². The molecule has 9 rings (SSSR count). The third kappa shape index (κ3) is 4.34. The molecular formula is C44H34N4. The number of benzene rings is 3. The summed E-state index contributed by atoms with van der Waals surface area (Å²) >= 11 is 0. The van der Waals surface area contributed by atoms with E-state index in [9.17, 15) is 10.5 Å². The molecule has 4 aliphatic carbocycles. The molecule has 4 heteroatoms. The van der Waals surface area contributed by atoms with E-state index in [0.717, 1.165) is 29.6 Å². The first-order valence-corrected chi connectivity index (χ1v) is 17.0. The predicted molar refractivity (Wildman–Crippen MR) is 191 cm³/mol. The Labute approximate surface area is 282 Å². The first kappa shape index (κ1) is 28.4. The van der Waals surface area contributed by atoms with Crippen molar-refractivity contribution in [2.45, 2.75) is 31.2 Å². The summed E-state index contributed by atoms with van der Waals surface area (Å²) in [6, 6.07) is 35.4. The molecule has 0 radical (unpaired) electrons. The second-order valence-electron chi connectivity index (χ2n) is 13.3. The zero-order chi connectivity index (χ0) is 32.2. The number of hydrogen-bond donors (Lipinski definition) is 0. The van der Waals surface area contributed by atoms with Gasteiger partial charge in [0.1, 0.15) is 0 Å². The highest BCUT2D eigenvalue weighted by Crippen LogP contribution is 2.58. The van der Waals surface area contributed by atoms with Gasteiger partial charge < -0.3 is 9.80 Å². The minimum atomic E-state index is -0.203. The number of fused-ring (bicyclic) bond motifs is 6. The summed E-state index contributed by atoms with van der Waals surface area (Å²) in [5.74, 6) is 0.348. The molecular weight excluding hydrogens is 585 g/mol. The van der Waals surface area contributed by atoms with Crippen LogP contribution in [0.2, 0.25) is 0 Å². The monoisotopic (exact) mass is 618 g/mol. The summed E-state index contributed by atoms with van der Waals surface area (Å²) < 4.78 is 0. The zero-order valence-electron chi connectivity index (χ0n) is 26.6. The number of rotatable bonds is 4. The first-order chi connectivity index (χ1) is 23.7. The number of allylic oxidation sites excluding steroid dienone is 12. The van der Waals surface area contributed by atoms with Gasteiger partial charge in [0.15, 0.2) is 0 Å². The Morgan fingerprint density at radius 2 is 1.58 bits per heavy atom. The molecule has 4 nitrogen and oxygen atoms in total. The lowest BCUT2D eigenvalue weighted by molar-refractivity contribution is 0.525. The van der Waals surface area contributed by atoms with Crippen molar-refractivity contribution >= 4 is 16.9 Å². The minimum absolute atomic E-state index is 0.0160. The summed E-state index contributed by atoms with van der Waals surface area (Å²) in [5, 5.41) is 19.8. The lowest BCUT2D eigenvalue weighted by Crippen LogP contribution is -2.35. The molecule has 0 amide bonds. The third-order valence-corrected chi connectivity index (χ3v) is 10.8. The van der Waals surface area contributed by atoms with Crippen LogP contribution in [0.4, 0.5) is 11.4 Å². The van der Waals surface area contributed by atoms with Gasteiger partial charge in [-0.3, -0.25) is 0 Å². The van der Waals surface area contributed by atoms with Crippen LogP contribution in [0.5, 0.6) is 0 Å². The van der Waals surface area contributed by atoms with Gasteiger partial charge in [0.2, 0.25) is 0 Å². The Hall–Kier alpha value is -5.84. The molecule has 0 bridgehead atoms. The second-order valence-corrected chi connectivity index (χ2v) is 13.3. The summed E-state index contributed by atoms with van der Waals surface area (Å²) in [6.45, 7) is 0. The van der Waals surface area contributed by atoms with Crippen molar-refractivity contribution in [3.05, 3.63) is 185 Å². The fourth-order valence-electron chi connectivity index (χ4n) is 8.73. The van der Waals surface area contributed by atoms with Crippen LogP contribution >= 0.6 is 0 Å². The predicted octanol–water partition coefficient (Wildman–Crippen LogP) is 9.80. The highest BCUT2D eigenvalue weighted by Gasteiger charge is 2.50. The van der Waals surface area contributed by atoms with E-state index in [1.165, 1.54) is 39.6 Å². The molecule has 0 spiro atoms. The number of para-hydroxylation sites is 2. The molecule has 5 unspecified atom stereocenters.